The monoisotopic (exact) mass is 220 g/mol. The van der Waals surface area contributed by atoms with E-state index in [9.17, 15) is 9.90 Å². The van der Waals surface area contributed by atoms with Crippen LogP contribution in [0.25, 0.3) is 0 Å². The summed E-state index contributed by atoms with van der Waals surface area (Å²) in [5, 5.41) is 13.1. The van der Waals surface area contributed by atoms with Gasteiger partial charge in [0.1, 0.15) is 0 Å². The second-order valence-electron chi connectivity index (χ2n) is 4.11. The smallest absolute Gasteiger partial charge is 0.240 e. The van der Waals surface area contributed by atoms with Gasteiger partial charge in [0.25, 0.3) is 0 Å². The van der Waals surface area contributed by atoms with Crippen molar-refractivity contribution >= 4 is 11.6 Å². The fraction of sp³-hybridized carbons (Fsp3) is 0.417. The standard InChI is InChI=1S/C12H16N2O2/c1-9-8-12(16)14(10(2)15)13(9)11-6-4-3-5-7-11/h3-7,9,12,16H,8H2,1-2H3/t9-,12+/m0/s1. The summed E-state index contributed by atoms with van der Waals surface area (Å²) >= 11 is 0. The molecule has 1 aromatic rings. The lowest BCUT2D eigenvalue weighted by atomic mass is 10.2. The first kappa shape index (κ1) is 11.0. The van der Waals surface area contributed by atoms with Crippen molar-refractivity contribution in [2.45, 2.75) is 32.5 Å². The van der Waals surface area contributed by atoms with Gasteiger partial charge >= 0.3 is 0 Å². The Hall–Kier alpha value is -1.55. The van der Waals surface area contributed by atoms with Crippen LogP contribution in [0.5, 0.6) is 0 Å². The second kappa shape index (κ2) is 4.14. The molecular weight excluding hydrogens is 204 g/mol. The maximum atomic E-state index is 11.5. The summed E-state index contributed by atoms with van der Waals surface area (Å²) in [6.07, 6.45) is -0.137. The van der Waals surface area contributed by atoms with E-state index in [1.54, 1.807) is 0 Å². The Morgan fingerprint density at radius 3 is 2.56 bits per heavy atom. The van der Waals surface area contributed by atoms with Crippen molar-refractivity contribution in [1.82, 2.24) is 5.01 Å². The molecule has 1 aromatic carbocycles. The number of para-hydroxylation sites is 1. The van der Waals surface area contributed by atoms with Crippen LogP contribution >= 0.6 is 0 Å². The molecule has 0 saturated carbocycles. The number of carbonyl (C=O) groups excluding carboxylic acids is 1. The third-order valence-corrected chi connectivity index (χ3v) is 2.83. The highest BCUT2D eigenvalue weighted by atomic mass is 16.3. The average molecular weight is 220 g/mol. The zero-order chi connectivity index (χ0) is 11.7. The number of rotatable bonds is 1. The molecule has 86 valence electrons. The number of benzene rings is 1. The van der Waals surface area contributed by atoms with Crippen molar-refractivity contribution in [1.29, 1.82) is 0 Å². The SMILES string of the molecule is CC(=O)N1[C@H](O)C[C@H](C)N1c1ccccc1. The molecule has 0 radical (unpaired) electrons. The van der Waals surface area contributed by atoms with E-state index < -0.39 is 6.23 Å². The Kier molecular flexibility index (Phi) is 2.83. The van der Waals surface area contributed by atoms with Gasteiger partial charge in [0.2, 0.25) is 5.91 Å². The Labute approximate surface area is 95.1 Å². The van der Waals surface area contributed by atoms with E-state index in [1.807, 2.05) is 42.3 Å². The van der Waals surface area contributed by atoms with Gasteiger partial charge < -0.3 is 5.11 Å². The third kappa shape index (κ3) is 1.76. The first-order valence-corrected chi connectivity index (χ1v) is 5.43. The molecular formula is C12H16N2O2. The van der Waals surface area contributed by atoms with Crippen LogP contribution in [-0.2, 0) is 4.79 Å². The van der Waals surface area contributed by atoms with Gasteiger partial charge in [-0.3, -0.25) is 9.80 Å². The fourth-order valence-electron chi connectivity index (χ4n) is 2.18. The zero-order valence-corrected chi connectivity index (χ0v) is 9.50. The Balaban J connectivity index is 2.34. The average Bonchev–Trinajstić information content (AvgIpc) is 2.55. The number of hydrazine groups is 1. The lowest BCUT2D eigenvalue weighted by molar-refractivity contribution is -0.136. The molecule has 0 aromatic heterocycles. The van der Waals surface area contributed by atoms with E-state index in [0.29, 0.717) is 6.42 Å². The highest BCUT2D eigenvalue weighted by Crippen LogP contribution is 2.29. The van der Waals surface area contributed by atoms with Gasteiger partial charge in [-0.2, -0.15) is 0 Å². The molecule has 1 aliphatic rings. The lowest BCUT2D eigenvalue weighted by Gasteiger charge is -2.33. The topological polar surface area (TPSA) is 43.8 Å². The van der Waals surface area contributed by atoms with E-state index >= 15 is 0 Å². The molecule has 1 amide bonds. The summed E-state index contributed by atoms with van der Waals surface area (Å²) in [5.74, 6) is -0.138. The number of aliphatic hydroxyl groups excluding tert-OH is 1. The van der Waals surface area contributed by atoms with Crippen molar-refractivity contribution in [3.8, 4) is 0 Å². The normalized spacial score (nSPS) is 24.9. The largest absolute Gasteiger partial charge is 0.372 e. The summed E-state index contributed by atoms with van der Waals surface area (Å²) in [4.78, 5) is 11.5. The molecule has 1 fully saturated rings. The second-order valence-corrected chi connectivity index (χ2v) is 4.11. The van der Waals surface area contributed by atoms with Gasteiger partial charge in [0.05, 0.1) is 11.7 Å². The first-order chi connectivity index (χ1) is 7.61. The van der Waals surface area contributed by atoms with Crippen LogP contribution in [0.3, 0.4) is 0 Å². The Morgan fingerprint density at radius 2 is 2.00 bits per heavy atom. The number of aliphatic hydroxyl groups is 1. The number of anilines is 1. The maximum absolute atomic E-state index is 11.5. The molecule has 2 rings (SSSR count). The molecule has 0 bridgehead atoms. The van der Waals surface area contributed by atoms with Gasteiger partial charge in [-0.05, 0) is 19.1 Å². The summed E-state index contributed by atoms with van der Waals surface area (Å²) in [7, 11) is 0. The number of hydrogen-bond donors (Lipinski definition) is 1. The zero-order valence-electron chi connectivity index (χ0n) is 9.50. The molecule has 0 aliphatic carbocycles. The van der Waals surface area contributed by atoms with E-state index in [1.165, 1.54) is 11.9 Å². The molecule has 1 heterocycles. The Bertz CT molecular complexity index is 380. The van der Waals surface area contributed by atoms with E-state index in [2.05, 4.69) is 0 Å². The highest BCUT2D eigenvalue weighted by Gasteiger charge is 2.37. The minimum absolute atomic E-state index is 0.126. The van der Waals surface area contributed by atoms with Crippen molar-refractivity contribution < 1.29 is 9.90 Å². The summed E-state index contributed by atoms with van der Waals surface area (Å²) in [6, 6.07) is 9.77. The predicted molar refractivity (Wildman–Crippen MR) is 61.5 cm³/mol. The molecule has 0 unspecified atom stereocenters. The van der Waals surface area contributed by atoms with E-state index in [-0.39, 0.29) is 11.9 Å². The van der Waals surface area contributed by atoms with Crippen LogP contribution < -0.4 is 5.01 Å². The molecule has 0 spiro atoms. The predicted octanol–water partition coefficient (Wildman–Crippen LogP) is 1.37. The molecule has 1 aliphatic heterocycles. The van der Waals surface area contributed by atoms with E-state index in [0.717, 1.165) is 5.69 Å². The molecule has 1 saturated heterocycles. The van der Waals surface area contributed by atoms with Gasteiger partial charge in [-0.25, -0.2) is 5.01 Å². The van der Waals surface area contributed by atoms with Crippen LogP contribution in [0, 0.1) is 0 Å². The quantitative estimate of drug-likeness (QED) is 0.777. The van der Waals surface area contributed by atoms with Gasteiger partial charge in [0, 0.05) is 13.3 Å². The minimum Gasteiger partial charge on any atom is -0.372 e. The summed E-state index contributed by atoms with van der Waals surface area (Å²) in [5.41, 5.74) is 0.932. The summed E-state index contributed by atoms with van der Waals surface area (Å²) in [6.45, 7) is 3.47. The third-order valence-electron chi connectivity index (χ3n) is 2.83. The highest BCUT2D eigenvalue weighted by molar-refractivity contribution is 5.76. The number of nitrogens with zero attached hydrogens (tertiary/aromatic N) is 2. The number of amides is 1. The Morgan fingerprint density at radius 1 is 1.38 bits per heavy atom. The number of hydrogen-bond acceptors (Lipinski definition) is 3. The van der Waals surface area contributed by atoms with Crippen LogP contribution in [-0.4, -0.2) is 28.3 Å². The molecule has 1 N–H and O–H groups in total. The number of carbonyl (C=O) groups is 1. The molecule has 4 heteroatoms. The van der Waals surface area contributed by atoms with Crippen LogP contribution in [0.4, 0.5) is 5.69 Å². The van der Waals surface area contributed by atoms with Crippen LogP contribution in [0.15, 0.2) is 30.3 Å². The van der Waals surface area contributed by atoms with Crippen molar-refractivity contribution in [3.05, 3.63) is 30.3 Å². The molecule has 2 atom stereocenters. The first-order valence-electron chi connectivity index (χ1n) is 5.43. The van der Waals surface area contributed by atoms with Crippen molar-refractivity contribution in [2.24, 2.45) is 0 Å². The van der Waals surface area contributed by atoms with Crippen molar-refractivity contribution in [2.75, 3.05) is 5.01 Å². The molecule has 4 nitrogen and oxygen atoms in total. The van der Waals surface area contributed by atoms with Gasteiger partial charge in [-0.1, -0.05) is 18.2 Å². The van der Waals surface area contributed by atoms with Crippen LogP contribution in [0.1, 0.15) is 20.3 Å². The fourth-order valence-corrected chi connectivity index (χ4v) is 2.18. The maximum Gasteiger partial charge on any atom is 0.240 e. The van der Waals surface area contributed by atoms with E-state index in [4.69, 9.17) is 0 Å². The van der Waals surface area contributed by atoms with Gasteiger partial charge in [-0.15, -0.1) is 0 Å². The molecule has 16 heavy (non-hydrogen) atoms. The summed E-state index contributed by atoms with van der Waals surface area (Å²) < 4.78 is 0. The minimum atomic E-state index is -0.715. The van der Waals surface area contributed by atoms with Crippen molar-refractivity contribution in [3.63, 3.8) is 0 Å². The van der Waals surface area contributed by atoms with Gasteiger partial charge in [0.15, 0.2) is 6.23 Å². The van der Waals surface area contributed by atoms with Crippen LogP contribution in [0.2, 0.25) is 0 Å². The lowest BCUT2D eigenvalue weighted by Crippen LogP contribution is -2.46.